The maximum atomic E-state index is 12.8. The number of carbonyl (C=O) groups is 1. The highest BCUT2D eigenvalue weighted by Gasteiger charge is 2.16. The third-order valence-corrected chi connectivity index (χ3v) is 5.83. The molecule has 1 amide bonds. The van der Waals surface area contributed by atoms with Gasteiger partial charge < -0.3 is 9.64 Å². The molecule has 0 N–H and O–H groups in total. The lowest BCUT2D eigenvalue weighted by molar-refractivity contribution is 0.0770. The van der Waals surface area contributed by atoms with E-state index in [4.69, 9.17) is 16.3 Å². The van der Waals surface area contributed by atoms with Crippen LogP contribution in [0.3, 0.4) is 0 Å². The van der Waals surface area contributed by atoms with Gasteiger partial charge in [-0.1, -0.05) is 23.7 Å². The number of rotatable bonds is 8. The second kappa shape index (κ2) is 9.78. The second-order valence-corrected chi connectivity index (χ2v) is 7.97. The Morgan fingerprint density at radius 1 is 1.22 bits per heavy atom. The van der Waals surface area contributed by atoms with E-state index in [-0.39, 0.29) is 5.91 Å². The fourth-order valence-electron chi connectivity index (χ4n) is 2.37. The molecule has 3 rings (SSSR count). The molecule has 140 valence electrons. The summed E-state index contributed by atoms with van der Waals surface area (Å²) in [5, 5.41) is 2.69. The van der Waals surface area contributed by atoms with Gasteiger partial charge in [0.2, 0.25) is 0 Å². The molecule has 0 spiro atoms. The lowest BCUT2D eigenvalue weighted by Gasteiger charge is -2.19. The summed E-state index contributed by atoms with van der Waals surface area (Å²) in [6.07, 6.45) is 0. The van der Waals surface area contributed by atoms with Crippen molar-refractivity contribution in [3.05, 3.63) is 75.7 Å². The largest absolute Gasteiger partial charge is 0.492 e. The molecule has 0 aliphatic carbocycles. The number of carbonyl (C=O) groups excluding carboxylic acids is 1. The summed E-state index contributed by atoms with van der Waals surface area (Å²) in [5.74, 6) is 1.47. The first-order chi connectivity index (χ1) is 13.1. The summed E-state index contributed by atoms with van der Waals surface area (Å²) in [6.45, 7) is 0.907. The SMILES string of the molecule is CN(CCOc1ccc(Cl)cc1)C(=O)c1ccccc1SCc1cscn1. The van der Waals surface area contributed by atoms with Crippen molar-refractivity contribution in [1.82, 2.24) is 9.88 Å². The Morgan fingerprint density at radius 2 is 2.00 bits per heavy atom. The highest BCUT2D eigenvalue weighted by molar-refractivity contribution is 7.98. The van der Waals surface area contributed by atoms with Crippen LogP contribution in [0.15, 0.2) is 64.3 Å². The zero-order chi connectivity index (χ0) is 19.1. The molecule has 7 heteroatoms. The Kier molecular flexibility index (Phi) is 7.15. The maximum Gasteiger partial charge on any atom is 0.254 e. The molecule has 0 aliphatic heterocycles. The number of benzene rings is 2. The van der Waals surface area contributed by atoms with Gasteiger partial charge in [-0.25, -0.2) is 4.98 Å². The van der Waals surface area contributed by atoms with Crippen LogP contribution in [-0.2, 0) is 5.75 Å². The molecule has 27 heavy (non-hydrogen) atoms. The van der Waals surface area contributed by atoms with Crippen molar-refractivity contribution in [3.8, 4) is 5.75 Å². The third kappa shape index (κ3) is 5.73. The Bertz CT molecular complexity index is 870. The van der Waals surface area contributed by atoms with Crippen LogP contribution in [0.4, 0.5) is 0 Å². The zero-order valence-electron chi connectivity index (χ0n) is 14.8. The maximum absolute atomic E-state index is 12.8. The first-order valence-corrected chi connectivity index (χ1v) is 10.7. The van der Waals surface area contributed by atoms with Crippen LogP contribution in [0.5, 0.6) is 5.75 Å². The molecular formula is C20H19ClN2O2S2. The van der Waals surface area contributed by atoms with E-state index in [9.17, 15) is 4.79 Å². The first-order valence-electron chi connectivity index (χ1n) is 8.36. The van der Waals surface area contributed by atoms with Crippen LogP contribution in [0.2, 0.25) is 5.02 Å². The third-order valence-electron chi connectivity index (χ3n) is 3.83. The summed E-state index contributed by atoms with van der Waals surface area (Å²) in [7, 11) is 1.79. The van der Waals surface area contributed by atoms with E-state index in [1.807, 2.05) is 47.3 Å². The Morgan fingerprint density at radius 3 is 2.74 bits per heavy atom. The number of hydrogen-bond donors (Lipinski definition) is 0. The minimum Gasteiger partial charge on any atom is -0.492 e. The predicted molar refractivity (Wildman–Crippen MR) is 112 cm³/mol. The van der Waals surface area contributed by atoms with Crippen molar-refractivity contribution >= 4 is 40.6 Å². The average Bonchev–Trinajstić information content (AvgIpc) is 3.21. The van der Waals surface area contributed by atoms with Crippen molar-refractivity contribution < 1.29 is 9.53 Å². The first kappa shape index (κ1) is 19.7. The van der Waals surface area contributed by atoms with E-state index >= 15 is 0 Å². The Labute approximate surface area is 172 Å². The fraction of sp³-hybridized carbons (Fsp3) is 0.200. The van der Waals surface area contributed by atoms with Crippen LogP contribution >= 0.6 is 34.7 Å². The van der Waals surface area contributed by atoms with Crippen molar-refractivity contribution in [3.63, 3.8) is 0 Å². The molecule has 2 aromatic carbocycles. The molecule has 0 fully saturated rings. The van der Waals surface area contributed by atoms with E-state index in [1.54, 1.807) is 47.2 Å². The van der Waals surface area contributed by atoms with Crippen molar-refractivity contribution in [1.29, 1.82) is 0 Å². The number of thioether (sulfide) groups is 1. The molecule has 0 radical (unpaired) electrons. The topological polar surface area (TPSA) is 42.4 Å². The number of amides is 1. The predicted octanol–water partition coefficient (Wildman–Crippen LogP) is 5.24. The van der Waals surface area contributed by atoms with E-state index in [0.29, 0.717) is 23.7 Å². The molecule has 0 saturated carbocycles. The van der Waals surface area contributed by atoms with Crippen LogP contribution in [-0.4, -0.2) is 36.0 Å². The van der Waals surface area contributed by atoms with Crippen molar-refractivity contribution in [2.45, 2.75) is 10.6 Å². The number of halogens is 1. The fourth-order valence-corrected chi connectivity index (χ4v) is 4.10. The highest BCUT2D eigenvalue weighted by atomic mass is 35.5. The van der Waals surface area contributed by atoms with E-state index in [0.717, 1.165) is 22.1 Å². The van der Waals surface area contributed by atoms with Gasteiger partial charge in [0.15, 0.2) is 0 Å². The van der Waals surface area contributed by atoms with Gasteiger partial charge in [-0.05, 0) is 36.4 Å². The minimum absolute atomic E-state index is 0.0175. The standard InChI is InChI=1S/C20H19ClN2O2S2/c1-23(10-11-25-17-8-6-15(21)7-9-17)20(24)18-4-2-3-5-19(18)27-13-16-12-26-14-22-16/h2-9,12,14H,10-11,13H2,1H3. The molecule has 1 aromatic heterocycles. The van der Waals surface area contributed by atoms with Crippen LogP contribution in [0, 0.1) is 0 Å². The average molecular weight is 419 g/mol. The summed E-state index contributed by atoms with van der Waals surface area (Å²) >= 11 is 9.07. The van der Waals surface area contributed by atoms with E-state index < -0.39 is 0 Å². The van der Waals surface area contributed by atoms with E-state index in [2.05, 4.69) is 4.98 Å². The van der Waals surface area contributed by atoms with Gasteiger partial charge in [0.25, 0.3) is 5.91 Å². The van der Waals surface area contributed by atoms with Gasteiger partial charge in [-0.2, -0.15) is 0 Å². The van der Waals surface area contributed by atoms with Gasteiger partial charge in [0.1, 0.15) is 12.4 Å². The molecule has 1 heterocycles. The summed E-state index contributed by atoms with van der Waals surface area (Å²) in [6, 6.07) is 14.9. The highest BCUT2D eigenvalue weighted by Crippen LogP contribution is 2.27. The van der Waals surface area contributed by atoms with Crippen LogP contribution in [0.1, 0.15) is 16.1 Å². The van der Waals surface area contributed by atoms with Gasteiger partial charge >= 0.3 is 0 Å². The zero-order valence-corrected chi connectivity index (χ0v) is 17.2. The molecule has 3 aromatic rings. The molecule has 0 unspecified atom stereocenters. The Hall–Kier alpha value is -2.02. The number of ether oxygens (including phenoxy) is 1. The number of likely N-dealkylation sites (N-methyl/N-ethyl adjacent to an activating group) is 1. The molecular weight excluding hydrogens is 400 g/mol. The second-order valence-electron chi connectivity index (χ2n) is 5.79. The molecule has 4 nitrogen and oxygen atoms in total. The number of aromatic nitrogens is 1. The molecule has 0 atom stereocenters. The minimum atomic E-state index is -0.0175. The quantitative estimate of drug-likeness (QED) is 0.469. The molecule has 0 aliphatic rings. The lowest BCUT2D eigenvalue weighted by Crippen LogP contribution is -2.31. The van der Waals surface area contributed by atoms with Crippen LogP contribution in [0.25, 0.3) is 0 Å². The monoisotopic (exact) mass is 418 g/mol. The lowest BCUT2D eigenvalue weighted by atomic mass is 10.2. The number of nitrogens with zero attached hydrogens (tertiary/aromatic N) is 2. The number of hydrogen-bond acceptors (Lipinski definition) is 5. The van der Waals surface area contributed by atoms with Crippen molar-refractivity contribution in [2.24, 2.45) is 0 Å². The van der Waals surface area contributed by atoms with Crippen LogP contribution < -0.4 is 4.74 Å². The Balaban J connectivity index is 1.56. The van der Waals surface area contributed by atoms with Crippen molar-refractivity contribution in [2.75, 3.05) is 20.2 Å². The molecule has 0 bridgehead atoms. The molecule has 0 saturated heterocycles. The van der Waals surface area contributed by atoms with E-state index in [1.165, 1.54) is 0 Å². The van der Waals surface area contributed by atoms with Gasteiger partial charge in [0.05, 0.1) is 23.3 Å². The summed E-state index contributed by atoms with van der Waals surface area (Å²) in [5.41, 5.74) is 3.55. The summed E-state index contributed by atoms with van der Waals surface area (Å²) in [4.78, 5) is 19.8. The number of thiazole rings is 1. The summed E-state index contributed by atoms with van der Waals surface area (Å²) < 4.78 is 5.68. The smallest absolute Gasteiger partial charge is 0.254 e. The van der Waals surface area contributed by atoms with Gasteiger partial charge in [-0.15, -0.1) is 23.1 Å². The van der Waals surface area contributed by atoms with Gasteiger partial charge in [-0.3, -0.25) is 4.79 Å². The normalized spacial score (nSPS) is 10.6. The van der Waals surface area contributed by atoms with Gasteiger partial charge in [0, 0.05) is 28.1 Å².